The zero-order chi connectivity index (χ0) is 15.1. The lowest BCUT2D eigenvalue weighted by molar-refractivity contribution is -0.124. The lowest BCUT2D eigenvalue weighted by Crippen LogP contribution is -2.44. The van der Waals surface area contributed by atoms with Crippen LogP contribution in [0.15, 0.2) is 42.5 Å². The van der Waals surface area contributed by atoms with Crippen molar-refractivity contribution in [2.24, 2.45) is 0 Å². The average molecular weight is 293 g/mol. The van der Waals surface area contributed by atoms with Gasteiger partial charge in [-0.3, -0.25) is 4.79 Å². The first-order valence-corrected chi connectivity index (χ1v) is 7.88. The maximum Gasteiger partial charge on any atom is 0.268 e. The molecular weight excluding hydrogens is 274 g/mol. The molecule has 4 rings (SSSR count). The highest BCUT2D eigenvalue weighted by atomic mass is 16.5. The number of hydrogen-bond donors (Lipinski definition) is 0. The van der Waals surface area contributed by atoms with Crippen LogP contribution in [0.2, 0.25) is 0 Å². The van der Waals surface area contributed by atoms with E-state index >= 15 is 0 Å². The Bertz CT molecular complexity index is 713. The molecule has 0 fully saturated rings. The fraction of sp³-hybridized carbons (Fsp3) is 0.316. The molecule has 0 saturated carbocycles. The molecule has 1 atom stereocenters. The minimum Gasteiger partial charge on any atom is -0.480 e. The molecule has 0 N–H and O–H groups in total. The molecule has 1 unspecified atom stereocenters. The fourth-order valence-electron chi connectivity index (χ4n) is 3.45. The molecule has 112 valence electrons. The van der Waals surface area contributed by atoms with E-state index in [2.05, 4.69) is 25.1 Å². The summed E-state index contributed by atoms with van der Waals surface area (Å²) in [5.74, 6) is 0.933. The van der Waals surface area contributed by atoms with E-state index < -0.39 is 0 Å². The molecule has 0 saturated heterocycles. The van der Waals surface area contributed by atoms with Crippen LogP contribution < -0.4 is 9.64 Å². The minimum absolute atomic E-state index is 0.0843. The summed E-state index contributed by atoms with van der Waals surface area (Å²) in [7, 11) is 0. The SMILES string of the molecule is Cc1ccc2c(c1)CCCN2C(=O)C1Cc2ccccc2O1. The number of aryl methyl sites for hydroxylation is 2. The van der Waals surface area contributed by atoms with Crippen LogP contribution in [-0.4, -0.2) is 18.6 Å². The summed E-state index contributed by atoms with van der Waals surface area (Å²) in [6, 6.07) is 14.3. The van der Waals surface area contributed by atoms with Crippen LogP contribution in [0.1, 0.15) is 23.1 Å². The first-order valence-electron chi connectivity index (χ1n) is 7.88. The monoisotopic (exact) mass is 293 g/mol. The Morgan fingerprint density at radius 1 is 1.18 bits per heavy atom. The van der Waals surface area contributed by atoms with E-state index in [0.29, 0.717) is 6.42 Å². The van der Waals surface area contributed by atoms with Gasteiger partial charge < -0.3 is 9.64 Å². The minimum atomic E-state index is -0.385. The van der Waals surface area contributed by atoms with Crippen LogP contribution in [0.3, 0.4) is 0 Å². The van der Waals surface area contributed by atoms with Crippen LogP contribution in [0, 0.1) is 6.92 Å². The highest BCUT2D eigenvalue weighted by Crippen LogP contribution is 2.33. The van der Waals surface area contributed by atoms with E-state index in [1.165, 1.54) is 11.1 Å². The number of ether oxygens (including phenoxy) is 1. The molecule has 0 bridgehead atoms. The highest BCUT2D eigenvalue weighted by molar-refractivity contribution is 5.98. The van der Waals surface area contributed by atoms with Crippen LogP contribution in [0.5, 0.6) is 5.75 Å². The Morgan fingerprint density at radius 3 is 2.91 bits per heavy atom. The van der Waals surface area contributed by atoms with E-state index in [-0.39, 0.29) is 12.0 Å². The van der Waals surface area contributed by atoms with Gasteiger partial charge >= 0.3 is 0 Å². The lowest BCUT2D eigenvalue weighted by atomic mass is 9.98. The second kappa shape index (κ2) is 5.16. The highest BCUT2D eigenvalue weighted by Gasteiger charge is 2.34. The van der Waals surface area contributed by atoms with Crippen molar-refractivity contribution in [1.82, 2.24) is 0 Å². The van der Waals surface area contributed by atoms with E-state index in [9.17, 15) is 4.79 Å². The molecule has 2 heterocycles. The third-order valence-corrected chi connectivity index (χ3v) is 4.54. The molecule has 22 heavy (non-hydrogen) atoms. The second-order valence-electron chi connectivity index (χ2n) is 6.14. The quantitative estimate of drug-likeness (QED) is 0.807. The van der Waals surface area contributed by atoms with Crippen molar-refractivity contribution in [2.45, 2.75) is 32.3 Å². The van der Waals surface area contributed by atoms with Gasteiger partial charge in [-0.2, -0.15) is 0 Å². The zero-order valence-electron chi connectivity index (χ0n) is 12.7. The number of para-hydroxylation sites is 1. The van der Waals surface area contributed by atoms with Crippen LogP contribution in [-0.2, 0) is 17.6 Å². The molecule has 0 aliphatic carbocycles. The van der Waals surface area contributed by atoms with Gasteiger partial charge in [-0.15, -0.1) is 0 Å². The smallest absolute Gasteiger partial charge is 0.268 e. The largest absolute Gasteiger partial charge is 0.480 e. The Balaban J connectivity index is 1.61. The van der Waals surface area contributed by atoms with Crippen molar-refractivity contribution in [3.8, 4) is 5.75 Å². The Hall–Kier alpha value is -2.29. The topological polar surface area (TPSA) is 29.5 Å². The van der Waals surface area contributed by atoms with Gasteiger partial charge in [0, 0.05) is 18.7 Å². The van der Waals surface area contributed by atoms with Crippen LogP contribution >= 0.6 is 0 Å². The Labute approximate surface area is 130 Å². The molecule has 3 nitrogen and oxygen atoms in total. The van der Waals surface area contributed by atoms with Gasteiger partial charge in [0.2, 0.25) is 0 Å². The van der Waals surface area contributed by atoms with Gasteiger partial charge in [-0.05, 0) is 43.0 Å². The average Bonchev–Trinajstić information content (AvgIpc) is 2.97. The maximum atomic E-state index is 12.9. The van der Waals surface area contributed by atoms with Gasteiger partial charge in [-0.1, -0.05) is 35.9 Å². The van der Waals surface area contributed by atoms with Gasteiger partial charge in [0.1, 0.15) is 5.75 Å². The Kier molecular flexibility index (Phi) is 3.14. The molecule has 3 heteroatoms. The Morgan fingerprint density at radius 2 is 2.05 bits per heavy atom. The number of rotatable bonds is 1. The first-order chi connectivity index (χ1) is 10.7. The van der Waals surface area contributed by atoms with Gasteiger partial charge in [0.05, 0.1) is 0 Å². The number of hydrogen-bond acceptors (Lipinski definition) is 2. The standard InChI is InChI=1S/C19H19NO2/c1-13-8-9-16-14(11-13)6-4-10-20(16)19(21)18-12-15-5-2-3-7-17(15)22-18/h2-3,5,7-9,11,18H,4,6,10,12H2,1H3. The summed E-state index contributed by atoms with van der Waals surface area (Å²) in [5, 5.41) is 0. The van der Waals surface area contributed by atoms with E-state index in [0.717, 1.165) is 36.4 Å². The van der Waals surface area contributed by atoms with Crippen molar-refractivity contribution >= 4 is 11.6 Å². The molecule has 0 aromatic heterocycles. The van der Waals surface area contributed by atoms with Crippen molar-refractivity contribution < 1.29 is 9.53 Å². The molecule has 2 aromatic rings. The summed E-state index contributed by atoms with van der Waals surface area (Å²) >= 11 is 0. The summed E-state index contributed by atoms with van der Waals surface area (Å²) < 4.78 is 5.87. The fourth-order valence-corrected chi connectivity index (χ4v) is 3.45. The summed E-state index contributed by atoms with van der Waals surface area (Å²) in [6.45, 7) is 2.88. The van der Waals surface area contributed by atoms with E-state index in [1.807, 2.05) is 29.2 Å². The van der Waals surface area contributed by atoms with Gasteiger partial charge in [-0.25, -0.2) is 0 Å². The zero-order valence-corrected chi connectivity index (χ0v) is 12.7. The van der Waals surface area contributed by atoms with Crippen molar-refractivity contribution in [3.63, 3.8) is 0 Å². The van der Waals surface area contributed by atoms with Crippen molar-refractivity contribution in [3.05, 3.63) is 59.2 Å². The molecule has 0 spiro atoms. The molecule has 0 radical (unpaired) electrons. The number of carbonyl (C=O) groups is 1. The predicted octanol–water partition coefficient (Wildman–Crippen LogP) is 3.28. The number of carbonyl (C=O) groups excluding carboxylic acids is 1. The molecule has 2 aromatic carbocycles. The molecule has 2 aliphatic rings. The normalized spacial score (nSPS) is 19.3. The van der Waals surface area contributed by atoms with Gasteiger partial charge in [0.15, 0.2) is 6.10 Å². The number of amides is 1. The summed E-state index contributed by atoms with van der Waals surface area (Å²) in [5.41, 5.74) is 4.70. The molecule has 1 amide bonds. The van der Waals surface area contributed by atoms with E-state index in [4.69, 9.17) is 4.74 Å². The van der Waals surface area contributed by atoms with E-state index in [1.54, 1.807) is 0 Å². The number of nitrogens with zero attached hydrogens (tertiary/aromatic N) is 1. The number of benzene rings is 2. The second-order valence-corrected chi connectivity index (χ2v) is 6.14. The summed E-state index contributed by atoms with van der Waals surface area (Å²) in [4.78, 5) is 14.8. The van der Waals surface area contributed by atoms with Crippen molar-refractivity contribution in [1.29, 1.82) is 0 Å². The van der Waals surface area contributed by atoms with Crippen molar-refractivity contribution in [2.75, 3.05) is 11.4 Å². The third kappa shape index (κ3) is 2.17. The first kappa shape index (κ1) is 13.4. The van der Waals surface area contributed by atoms with Crippen LogP contribution in [0.4, 0.5) is 5.69 Å². The molecule has 2 aliphatic heterocycles. The predicted molar refractivity (Wildman–Crippen MR) is 86.4 cm³/mol. The maximum absolute atomic E-state index is 12.9. The summed E-state index contributed by atoms with van der Waals surface area (Å²) in [6.07, 6.45) is 2.35. The number of fused-ring (bicyclic) bond motifs is 2. The van der Waals surface area contributed by atoms with Gasteiger partial charge in [0.25, 0.3) is 5.91 Å². The van der Waals surface area contributed by atoms with Crippen LogP contribution in [0.25, 0.3) is 0 Å². The third-order valence-electron chi connectivity index (χ3n) is 4.54. The number of anilines is 1. The lowest BCUT2D eigenvalue weighted by Gasteiger charge is -2.31. The molecular formula is C19H19NO2.